The second-order valence-corrected chi connectivity index (χ2v) is 3.85. The first-order valence-corrected chi connectivity index (χ1v) is 5.35. The Kier molecular flexibility index (Phi) is 4.78. The molecule has 0 aliphatic carbocycles. The van der Waals surface area contributed by atoms with Crippen molar-refractivity contribution in [3.63, 3.8) is 0 Å². The Morgan fingerprint density at radius 3 is 2.81 bits per heavy atom. The van der Waals surface area contributed by atoms with Gasteiger partial charge in [0.25, 0.3) is 5.91 Å². The van der Waals surface area contributed by atoms with E-state index in [1.54, 1.807) is 18.2 Å². The van der Waals surface area contributed by atoms with E-state index in [1.807, 2.05) is 6.07 Å². The Balaban J connectivity index is 2.38. The van der Waals surface area contributed by atoms with Gasteiger partial charge < -0.3 is 15.8 Å². The van der Waals surface area contributed by atoms with Crippen LogP contribution in [-0.2, 0) is 4.74 Å². The summed E-state index contributed by atoms with van der Waals surface area (Å²) in [6, 6.07) is 6.98. The summed E-state index contributed by atoms with van der Waals surface area (Å²) < 4.78 is 5.29. The van der Waals surface area contributed by atoms with Crippen molar-refractivity contribution < 1.29 is 14.3 Å². The maximum absolute atomic E-state index is 11.5. The van der Waals surface area contributed by atoms with Crippen LogP contribution in [0.15, 0.2) is 28.7 Å². The molecule has 2 amide bonds. The largest absolute Gasteiger partial charge is 0.448 e. The van der Waals surface area contributed by atoms with E-state index in [-0.39, 0.29) is 19.1 Å². The van der Waals surface area contributed by atoms with Gasteiger partial charge in [-0.15, -0.1) is 0 Å². The maximum atomic E-state index is 11.5. The summed E-state index contributed by atoms with van der Waals surface area (Å²) in [6.45, 7) is 0.295. The van der Waals surface area contributed by atoms with Gasteiger partial charge in [-0.05, 0) is 18.2 Å². The minimum Gasteiger partial charge on any atom is -0.448 e. The fourth-order valence-corrected chi connectivity index (χ4v) is 1.45. The van der Waals surface area contributed by atoms with Crippen molar-refractivity contribution >= 4 is 27.9 Å². The molecule has 6 heteroatoms. The Morgan fingerprint density at radius 1 is 1.44 bits per heavy atom. The monoisotopic (exact) mass is 286 g/mol. The van der Waals surface area contributed by atoms with Crippen LogP contribution in [0.25, 0.3) is 0 Å². The summed E-state index contributed by atoms with van der Waals surface area (Å²) in [6.07, 6.45) is -0.850. The first kappa shape index (κ1) is 12.5. The van der Waals surface area contributed by atoms with Gasteiger partial charge in [-0.25, -0.2) is 4.79 Å². The van der Waals surface area contributed by atoms with Crippen molar-refractivity contribution in [3.05, 3.63) is 34.3 Å². The fourth-order valence-electron chi connectivity index (χ4n) is 1.05. The topological polar surface area (TPSA) is 81.4 Å². The number of carbonyl (C=O) groups excluding carboxylic acids is 2. The SMILES string of the molecule is NC(=O)OCCNC(=O)c1cccc(Br)c1. The molecule has 0 fully saturated rings. The molecule has 0 aromatic heterocycles. The molecule has 1 aromatic carbocycles. The summed E-state index contributed by atoms with van der Waals surface area (Å²) >= 11 is 3.27. The molecule has 86 valence electrons. The molecule has 0 saturated heterocycles. The van der Waals surface area contributed by atoms with Crippen molar-refractivity contribution in [1.82, 2.24) is 5.32 Å². The average Bonchev–Trinajstić information content (AvgIpc) is 2.24. The number of amides is 2. The number of hydrogen-bond donors (Lipinski definition) is 2. The molecule has 3 N–H and O–H groups in total. The van der Waals surface area contributed by atoms with Crippen LogP contribution in [0.3, 0.4) is 0 Å². The summed E-state index contributed by atoms with van der Waals surface area (Å²) in [7, 11) is 0. The Hall–Kier alpha value is -1.56. The lowest BCUT2D eigenvalue weighted by Gasteiger charge is -2.05. The molecule has 0 radical (unpaired) electrons. The zero-order valence-electron chi connectivity index (χ0n) is 8.40. The number of nitrogens with one attached hydrogen (secondary N) is 1. The van der Waals surface area contributed by atoms with Crippen LogP contribution in [0.1, 0.15) is 10.4 Å². The number of halogens is 1. The van der Waals surface area contributed by atoms with Gasteiger partial charge in [-0.1, -0.05) is 22.0 Å². The van der Waals surface area contributed by atoms with Crippen molar-refractivity contribution in [2.24, 2.45) is 5.73 Å². The lowest BCUT2D eigenvalue weighted by molar-refractivity contribution is 0.0937. The highest BCUT2D eigenvalue weighted by Crippen LogP contribution is 2.11. The molecule has 5 nitrogen and oxygen atoms in total. The van der Waals surface area contributed by atoms with E-state index in [4.69, 9.17) is 5.73 Å². The van der Waals surface area contributed by atoms with Crippen LogP contribution < -0.4 is 11.1 Å². The van der Waals surface area contributed by atoms with Gasteiger partial charge in [0.2, 0.25) is 0 Å². The van der Waals surface area contributed by atoms with Gasteiger partial charge in [0.1, 0.15) is 6.61 Å². The van der Waals surface area contributed by atoms with E-state index in [9.17, 15) is 9.59 Å². The van der Waals surface area contributed by atoms with Crippen LogP contribution >= 0.6 is 15.9 Å². The van der Waals surface area contributed by atoms with Crippen molar-refractivity contribution in [2.75, 3.05) is 13.2 Å². The number of rotatable bonds is 4. The molecule has 0 atom stereocenters. The van der Waals surface area contributed by atoms with Crippen LogP contribution in [0.2, 0.25) is 0 Å². The lowest BCUT2D eigenvalue weighted by atomic mass is 10.2. The highest BCUT2D eigenvalue weighted by molar-refractivity contribution is 9.10. The van der Waals surface area contributed by atoms with E-state index >= 15 is 0 Å². The molecule has 0 heterocycles. The molecular weight excluding hydrogens is 276 g/mol. The summed E-state index contributed by atoms with van der Waals surface area (Å²) in [5.41, 5.74) is 5.30. The van der Waals surface area contributed by atoms with E-state index in [1.165, 1.54) is 0 Å². The van der Waals surface area contributed by atoms with E-state index < -0.39 is 6.09 Å². The minimum atomic E-state index is -0.850. The molecule has 0 aliphatic heterocycles. The number of benzene rings is 1. The third kappa shape index (κ3) is 4.31. The highest BCUT2D eigenvalue weighted by atomic mass is 79.9. The van der Waals surface area contributed by atoms with Crippen LogP contribution in [0, 0.1) is 0 Å². The quantitative estimate of drug-likeness (QED) is 0.818. The van der Waals surface area contributed by atoms with Crippen molar-refractivity contribution in [1.29, 1.82) is 0 Å². The standard InChI is InChI=1S/C10H11BrN2O3/c11-8-3-1-2-7(6-8)9(14)13-4-5-16-10(12)15/h1-3,6H,4-5H2,(H2,12,15)(H,13,14). The third-order valence-corrected chi connectivity index (χ3v) is 2.21. The fraction of sp³-hybridized carbons (Fsp3) is 0.200. The second kappa shape index (κ2) is 6.12. The van der Waals surface area contributed by atoms with Gasteiger partial charge in [0.15, 0.2) is 0 Å². The number of primary amides is 1. The molecular formula is C10H11BrN2O3. The van der Waals surface area contributed by atoms with Gasteiger partial charge in [0, 0.05) is 10.0 Å². The van der Waals surface area contributed by atoms with E-state index in [2.05, 4.69) is 26.0 Å². The Morgan fingerprint density at radius 2 is 2.19 bits per heavy atom. The average molecular weight is 287 g/mol. The lowest BCUT2D eigenvalue weighted by Crippen LogP contribution is -2.28. The number of ether oxygens (including phenoxy) is 1. The minimum absolute atomic E-state index is 0.0646. The van der Waals surface area contributed by atoms with Crippen molar-refractivity contribution in [2.45, 2.75) is 0 Å². The molecule has 0 unspecified atom stereocenters. The predicted octanol–water partition coefficient (Wildman–Crippen LogP) is 1.27. The first-order chi connectivity index (χ1) is 7.59. The first-order valence-electron chi connectivity index (χ1n) is 4.55. The van der Waals surface area contributed by atoms with Crippen molar-refractivity contribution in [3.8, 4) is 0 Å². The van der Waals surface area contributed by atoms with Crippen LogP contribution in [-0.4, -0.2) is 25.2 Å². The Labute approximate surface area is 101 Å². The molecule has 16 heavy (non-hydrogen) atoms. The molecule has 1 rings (SSSR count). The normalized spacial score (nSPS) is 9.56. The van der Waals surface area contributed by atoms with E-state index in [0.29, 0.717) is 5.56 Å². The third-order valence-electron chi connectivity index (χ3n) is 1.72. The summed E-state index contributed by atoms with van der Waals surface area (Å²) in [5.74, 6) is -0.227. The highest BCUT2D eigenvalue weighted by Gasteiger charge is 2.04. The van der Waals surface area contributed by atoms with Gasteiger partial charge in [-0.2, -0.15) is 0 Å². The van der Waals surface area contributed by atoms with Crippen LogP contribution in [0.4, 0.5) is 4.79 Å². The molecule has 0 bridgehead atoms. The number of carbonyl (C=O) groups is 2. The van der Waals surface area contributed by atoms with Gasteiger partial charge >= 0.3 is 6.09 Å². The number of nitrogens with two attached hydrogens (primary N) is 1. The zero-order valence-corrected chi connectivity index (χ0v) is 9.99. The van der Waals surface area contributed by atoms with Gasteiger partial charge in [0.05, 0.1) is 6.54 Å². The Bertz CT molecular complexity index is 395. The summed E-state index contributed by atoms with van der Waals surface area (Å²) in [4.78, 5) is 21.8. The van der Waals surface area contributed by atoms with Gasteiger partial charge in [-0.3, -0.25) is 4.79 Å². The number of hydrogen-bond acceptors (Lipinski definition) is 3. The molecule has 0 spiro atoms. The molecule has 0 saturated carbocycles. The second-order valence-electron chi connectivity index (χ2n) is 2.93. The zero-order chi connectivity index (χ0) is 12.0. The van der Waals surface area contributed by atoms with Crippen LogP contribution in [0.5, 0.6) is 0 Å². The van der Waals surface area contributed by atoms with E-state index in [0.717, 1.165) is 4.47 Å². The summed E-state index contributed by atoms with van der Waals surface area (Å²) in [5, 5.41) is 2.59. The molecule has 0 aliphatic rings. The maximum Gasteiger partial charge on any atom is 0.404 e. The predicted molar refractivity (Wildman–Crippen MR) is 62.0 cm³/mol. The molecule has 1 aromatic rings. The smallest absolute Gasteiger partial charge is 0.404 e.